The largest absolute Gasteiger partial charge is 0.438 e. The van der Waals surface area contributed by atoms with Gasteiger partial charge in [0, 0.05) is 17.4 Å². The Hall–Kier alpha value is -2.34. The van der Waals surface area contributed by atoms with Crippen LogP contribution in [0.5, 0.6) is 11.6 Å². The Balaban J connectivity index is 1.94. The second kappa shape index (κ2) is 6.90. The minimum atomic E-state index is -0.474. The number of carbonyl (C=O) groups is 1. The molecule has 0 aliphatic rings. The van der Waals surface area contributed by atoms with Crippen molar-refractivity contribution in [3.05, 3.63) is 36.0 Å². The molecule has 1 aromatic carbocycles. The van der Waals surface area contributed by atoms with Crippen molar-refractivity contribution >= 4 is 11.6 Å². The molecule has 1 amide bonds. The van der Waals surface area contributed by atoms with Gasteiger partial charge in [-0.1, -0.05) is 13.3 Å². The maximum Gasteiger partial charge on any atom is 0.241 e. The average Bonchev–Trinajstić information content (AvgIpc) is 2.86. The van der Waals surface area contributed by atoms with Crippen LogP contribution in [0.15, 0.2) is 30.3 Å². The number of ether oxygens (including phenoxy) is 1. The van der Waals surface area contributed by atoms with E-state index in [1.165, 1.54) is 0 Å². The third-order valence-electron chi connectivity index (χ3n) is 2.96. The molecule has 112 valence electrons. The van der Waals surface area contributed by atoms with E-state index in [-0.39, 0.29) is 5.91 Å². The molecule has 0 saturated heterocycles. The number of amides is 1. The first kappa shape index (κ1) is 15.1. The van der Waals surface area contributed by atoms with Crippen LogP contribution in [0.25, 0.3) is 0 Å². The summed E-state index contributed by atoms with van der Waals surface area (Å²) in [7, 11) is 0. The van der Waals surface area contributed by atoms with Crippen LogP contribution in [-0.2, 0) is 4.79 Å². The second-order valence-corrected chi connectivity index (χ2v) is 4.90. The lowest BCUT2D eigenvalue weighted by Gasteiger charge is -2.11. The van der Waals surface area contributed by atoms with Gasteiger partial charge in [-0.15, -0.1) is 5.10 Å². The Bertz CT molecular complexity index is 592. The fourth-order valence-corrected chi connectivity index (χ4v) is 1.85. The summed E-state index contributed by atoms with van der Waals surface area (Å²) >= 11 is 0. The zero-order valence-corrected chi connectivity index (χ0v) is 12.2. The van der Waals surface area contributed by atoms with Crippen molar-refractivity contribution in [2.75, 3.05) is 5.32 Å². The molecule has 0 radical (unpaired) electrons. The van der Waals surface area contributed by atoms with E-state index in [4.69, 9.17) is 10.5 Å². The molecule has 0 fully saturated rings. The Morgan fingerprint density at radius 1 is 1.43 bits per heavy atom. The highest BCUT2D eigenvalue weighted by Crippen LogP contribution is 2.21. The summed E-state index contributed by atoms with van der Waals surface area (Å²) in [5.41, 5.74) is 7.38. The lowest BCUT2D eigenvalue weighted by atomic mass is 10.1. The molecule has 2 aromatic rings. The number of anilines is 1. The summed E-state index contributed by atoms with van der Waals surface area (Å²) in [6, 6.07) is 8.41. The van der Waals surface area contributed by atoms with Crippen molar-refractivity contribution in [2.24, 2.45) is 5.73 Å². The van der Waals surface area contributed by atoms with Crippen LogP contribution in [0.1, 0.15) is 25.5 Å². The molecule has 0 bridgehead atoms. The Morgan fingerprint density at radius 2 is 2.14 bits per heavy atom. The monoisotopic (exact) mass is 288 g/mol. The van der Waals surface area contributed by atoms with Gasteiger partial charge in [-0.25, -0.2) is 0 Å². The van der Waals surface area contributed by atoms with Crippen molar-refractivity contribution in [3.63, 3.8) is 0 Å². The molecule has 2 rings (SSSR count). The second-order valence-electron chi connectivity index (χ2n) is 4.90. The van der Waals surface area contributed by atoms with Gasteiger partial charge in [0.1, 0.15) is 5.75 Å². The van der Waals surface area contributed by atoms with Gasteiger partial charge in [-0.2, -0.15) is 0 Å². The zero-order valence-electron chi connectivity index (χ0n) is 12.2. The van der Waals surface area contributed by atoms with E-state index in [9.17, 15) is 4.79 Å². The first-order chi connectivity index (χ1) is 10.1. The lowest BCUT2D eigenvalue weighted by molar-refractivity contribution is -0.117. The third-order valence-corrected chi connectivity index (χ3v) is 2.96. The summed E-state index contributed by atoms with van der Waals surface area (Å²) in [6.45, 7) is 3.90. The number of H-pyrrole nitrogens is 1. The van der Waals surface area contributed by atoms with Crippen LogP contribution in [-0.4, -0.2) is 22.1 Å². The molecular weight excluding hydrogens is 268 g/mol. The number of aromatic amines is 1. The van der Waals surface area contributed by atoms with Gasteiger partial charge in [-0.05, 0) is 37.6 Å². The quantitative estimate of drug-likeness (QED) is 0.761. The molecule has 1 unspecified atom stereocenters. The highest BCUT2D eigenvalue weighted by Gasteiger charge is 2.12. The lowest BCUT2D eigenvalue weighted by Crippen LogP contribution is -2.35. The normalized spacial score (nSPS) is 12.0. The van der Waals surface area contributed by atoms with Crippen LogP contribution in [0, 0.1) is 6.92 Å². The third kappa shape index (κ3) is 4.32. The van der Waals surface area contributed by atoms with E-state index in [1.807, 2.05) is 13.8 Å². The first-order valence-corrected chi connectivity index (χ1v) is 6.95. The van der Waals surface area contributed by atoms with E-state index < -0.39 is 6.04 Å². The number of aromatic nitrogens is 2. The van der Waals surface area contributed by atoms with E-state index in [0.717, 1.165) is 12.1 Å². The minimum Gasteiger partial charge on any atom is -0.438 e. The van der Waals surface area contributed by atoms with E-state index in [2.05, 4.69) is 15.5 Å². The van der Waals surface area contributed by atoms with Crippen molar-refractivity contribution < 1.29 is 9.53 Å². The first-order valence-electron chi connectivity index (χ1n) is 6.95. The summed E-state index contributed by atoms with van der Waals surface area (Å²) in [6.07, 6.45) is 1.55. The number of nitrogens with two attached hydrogens (primary N) is 1. The molecule has 4 N–H and O–H groups in total. The molecule has 21 heavy (non-hydrogen) atoms. The molecular formula is C15H20N4O2. The molecule has 0 spiro atoms. The maximum atomic E-state index is 11.8. The average molecular weight is 288 g/mol. The number of benzene rings is 1. The minimum absolute atomic E-state index is 0.173. The fraction of sp³-hybridized carbons (Fsp3) is 0.333. The van der Waals surface area contributed by atoms with E-state index in [1.54, 1.807) is 30.3 Å². The smallest absolute Gasteiger partial charge is 0.241 e. The molecule has 1 heterocycles. The van der Waals surface area contributed by atoms with Gasteiger partial charge in [0.05, 0.1) is 6.04 Å². The maximum absolute atomic E-state index is 11.8. The SMILES string of the molecule is CCCC(N)C(=O)Nc1ccc(Oc2cc(C)[nH]n2)cc1. The Labute approximate surface area is 123 Å². The van der Waals surface area contributed by atoms with Crippen LogP contribution in [0.4, 0.5) is 5.69 Å². The van der Waals surface area contributed by atoms with Crippen molar-refractivity contribution in [3.8, 4) is 11.6 Å². The van der Waals surface area contributed by atoms with E-state index >= 15 is 0 Å². The molecule has 0 aliphatic carbocycles. The Morgan fingerprint density at radius 3 is 2.71 bits per heavy atom. The number of aryl methyl sites for hydroxylation is 1. The molecule has 1 atom stereocenters. The summed E-state index contributed by atoms with van der Waals surface area (Å²) in [5, 5.41) is 9.58. The number of nitrogens with one attached hydrogen (secondary N) is 2. The van der Waals surface area contributed by atoms with Gasteiger partial charge >= 0.3 is 0 Å². The fourth-order valence-electron chi connectivity index (χ4n) is 1.85. The summed E-state index contributed by atoms with van der Waals surface area (Å²) in [5.74, 6) is 0.986. The highest BCUT2D eigenvalue weighted by atomic mass is 16.5. The molecule has 1 aromatic heterocycles. The number of hydrogen-bond acceptors (Lipinski definition) is 4. The number of hydrogen-bond donors (Lipinski definition) is 3. The topological polar surface area (TPSA) is 93.0 Å². The van der Waals surface area contributed by atoms with Gasteiger partial charge in [0.15, 0.2) is 0 Å². The van der Waals surface area contributed by atoms with Crippen LogP contribution in [0.2, 0.25) is 0 Å². The van der Waals surface area contributed by atoms with Gasteiger partial charge in [-0.3, -0.25) is 9.89 Å². The van der Waals surface area contributed by atoms with Crippen LogP contribution >= 0.6 is 0 Å². The standard InChI is InChI=1S/C15H20N4O2/c1-3-4-13(16)15(20)17-11-5-7-12(8-6-11)21-14-9-10(2)18-19-14/h5-9,13H,3-4,16H2,1-2H3,(H,17,20)(H,18,19). The van der Waals surface area contributed by atoms with Gasteiger partial charge < -0.3 is 15.8 Å². The van der Waals surface area contributed by atoms with Crippen molar-refractivity contribution in [2.45, 2.75) is 32.7 Å². The molecule has 0 saturated carbocycles. The predicted octanol–water partition coefficient (Wildman–Crippen LogP) is 2.58. The van der Waals surface area contributed by atoms with Crippen molar-refractivity contribution in [1.82, 2.24) is 10.2 Å². The Kier molecular flexibility index (Phi) is 4.94. The van der Waals surface area contributed by atoms with E-state index in [0.29, 0.717) is 23.7 Å². The predicted molar refractivity (Wildman–Crippen MR) is 81.4 cm³/mol. The molecule has 6 heteroatoms. The highest BCUT2D eigenvalue weighted by molar-refractivity contribution is 5.94. The van der Waals surface area contributed by atoms with Crippen LogP contribution in [0.3, 0.4) is 0 Å². The number of rotatable bonds is 6. The molecule has 6 nitrogen and oxygen atoms in total. The van der Waals surface area contributed by atoms with Crippen molar-refractivity contribution in [1.29, 1.82) is 0 Å². The van der Waals surface area contributed by atoms with Crippen LogP contribution < -0.4 is 15.8 Å². The van der Waals surface area contributed by atoms with Gasteiger partial charge in [0.2, 0.25) is 11.8 Å². The summed E-state index contributed by atoms with van der Waals surface area (Å²) in [4.78, 5) is 11.8. The number of nitrogens with zero attached hydrogens (tertiary/aromatic N) is 1. The molecule has 0 aliphatic heterocycles. The van der Waals surface area contributed by atoms with Gasteiger partial charge in [0.25, 0.3) is 0 Å². The zero-order chi connectivity index (χ0) is 15.2. The number of carbonyl (C=O) groups excluding carboxylic acids is 1. The summed E-state index contributed by atoms with van der Waals surface area (Å²) < 4.78 is 5.57.